The minimum atomic E-state index is -0.871. The Kier molecular flexibility index (Phi) is 4.23. The number of rotatable bonds is 2. The third-order valence-corrected chi connectivity index (χ3v) is 4.13. The smallest absolute Gasteiger partial charge is 0.272 e. The third-order valence-electron chi connectivity index (χ3n) is 3.48. The molecule has 1 aromatic rings. The molecule has 0 N–H and O–H groups in total. The second kappa shape index (κ2) is 5.75. The van der Waals surface area contributed by atoms with E-state index in [2.05, 4.69) is 0 Å². The highest BCUT2D eigenvalue weighted by atomic mass is 35.5. The molecule has 108 valence electrons. The van der Waals surface area contributed by atoms with Gasteiger partial charge in [-0.25, -0.2) is 4.39 Å². The van der Waals surface area contributed by atoms with Crippen LogP contribution in [0.1, 0.15) is 23.7 Å². The number of alkyl halides is 1. The lowest BCUT2D eigenvalue weighted by Crippen LogP contribution is -2.43. The van der Waals surface area contributed by atoms with Gasteiger partial charge in [0.15, 0.2) is 0 Å². The van der Waals surface area contributed by atoms with Crippen molar-refractivity contribution >= 4 is 23.2 Å². The molecule has 0 aliphatic carbocycles. The first-order valence-electron chi connectivity index (χ1n) is 6.27. The molecule has 20 heavy (non-hydrogen) atoms. The number of nitrogens with zero attached hydrogens (tertiary/aromatic N) is 2. The molecule has 0 bridgehead atoms. The second-order valence-electron chi connectivity index (χ2n) is 4.95. The Morgan fingerprint density at radius 2 is 2.25 bits per heavy atom. The molecule has 1 aliphatic rings. The van der Waals surface area contributed by atoms with Crippen LogP contribution in [0, 0.1) is 21.8 Å². The van der Waals surface area contributed by atoms with Crippen LogP contribution in [0.2, 0.25) is 0 Å². The molecule has 1 saturated heterocycles. The van der Waals surface area contributed by atoms with Crippen molar-refractivity contribution in [2.75, 3.05) is 13.1 Å². The monoisotopic (exact) mass is 300 g/mol. The molecule has 0 saturated carbocycles. The van der Waals surface area contributed by atoms with Crippen molar-refractivity contribution in [1.82, 2.24) is 4.90 Å². The van der Waals surface area contributed by atoms with E-state index in [1.165, 1.54) is 4.90 Å². The highest BCUT2D eigenvalue weighted by molar-refractivity contribution is 6.20. The number of carbonyl (C=O) groups excluding carboxylic acids is 1. The zero-order valence-electron chi connectivity index (χ0n) is 10.9. The minimum Gasteiger partial charge on any atom is -0.338 e. The van der Waals surface area contributed by atoms with Gasteiger partial charge in [0.2, 0.25) is 0 Å². The zero-order chi connectivity index (χ0) is 14.9. The van der Waals surface area contributed by atoms with Gasteiger partial charge in [-0.3, -0.25) is 14.9 Å². The minimum absolute atomic E-state index is 0.0146. The Bertz CT molecular complexity index is 552. The lowest BCUT2D eigenvalue weighted by Gasteiger charge is -2.34. The number of hydrogen-bond acceptors (Lipinski definition) is 3. The lowest BCUT2D eigenvalue weighted by atomic mass is 9.98. The summed E-state index contributed by atoms with van der Waals surface area (Å²) < 4.78 is 13.8. The zero-order valence-corrected chi connectivity index (χ0v) is 11.6. The molecule has 0 aromatic heterocycles. The number of non-ortho nitro benzene ring substituents is 1. The van der Waals surface area contributed by atoms with Gasteiger partial charge in [-0.1, -0.05) is 6.92 Å². The number of hydrogen-bond donors (Lipinski definition) is 0. The molecular formula is C13H14ClFN2O3. The molecule has 2 atom stereocenters. The van der Waals surface area contributed by atoms with Crippen LogP contribution in [-0.4, -0.2) is 34.2 Å². The first-order valence-corrected chi connectivity index (χ1v) is 6.71. The first kappa shape index (κ1) is 14.7. The van der Waals surface area contributed by atoms with Gasteiger partial charge >= 0.3 is 0 Å². The van der Waals surface area contributed by atoms with Gasteiger partial charge in [0, 0.05) is 24.5 Å². The van der Waals surface area contributed by atoms with Gasteiger partial charge in [0.05, 0.1) is 16.6 Å². The predicted octanol–water partition coefficient (Wildman–Crippen LogP) is 2.82. The summed E-state index contributed by atoms with van der Waals surface area (Å²) in [5.41, 5.74) is -0.511. The van der Waals surface area contributed by atoms with Crippen LogP contribution >= 0.6 is 11.6 Å². The first-order chi connectivity index (χ1) is 9.40. The molecule has 7 heteroatoms. The highest BCUT2D eigenvalue weighted by Crippen LogP contribution is 2.24. The second-order valence-corrected chi connectivity index (χ2v) is 5.51. The topological polar surface area (TPSA) is 63.5 Å². The molecule has 2 rings (SSSR count). The summed E-state index contributed by atoms with van der Waals surface area (Å²) >= 11 is 6.08. The number of piperidine rings is 1. The van der Waals surface area contributed by atoms with Crippen LogP contribution in [0.15, 0.2) is 18.2 Å². The van der Waals surface area contributed by atoms with Crippen LogP contribution in [0.3, 0.4) is 0 Å². The van der Waals surface area contributed by atoms with Gasteiger partial charge in [-0.15, -0.1) is 11.6 Å². The van der Waals surface area contributed by atoms with Gasteiger partial charge in [0.1, 0.15) is 5.82 Å². The van der Waals surface area contributed by atoms with Crippen molar-refractivity contribution in [2.45, 2.75) is 18.7 Å². The average Bonchev–Trinajstić information content (AvgIpc) is 2.41. The van der Waals surface area contributed by atoms with E-state index in [4.69, 9.17) is 11.6 Å². The van der Waals surface area contributed by atoms with Crippen LogP contribution in [0.4, 0.5) is 10.1 Å². The number of nitro benzene ring substituents is 1. The Hall–Kier alpha value is -1.69. The molecule has 2 unspecified atom stereocenters. The van der Waals surface area contributed by atoms with Crippen LogP contribution < -0.4 is 0 Å². The average molecular weight is 301 g/mol. The Morgan fingerprint density at radius 3 is 2.80 bits per heavy atom. The summed E-state index contributed by atoms with van der Waals surface area (Å²) in [6.07, 6.45) is 0.656. The van der Waals surface area contributed by atoms with Crippen molar-refractivity contribution < 1.29 is 14.1 Å². The molecule has 1 fully saturated rings. The number of carbonyl (C=O) groups is 1. The molecule has 1 aromatic carbocycles. The standard InChI is InChI=1S/C13H14ClFN2O3/c1-8-7-16(5-4-11(8)14)13(18)10-3-2-9(17(19)20)6-12(10)15/h2-3,6,8,11H,4-5,7H2,1H3. The number of likely N-dealkylation sites (tertiary alicyclic amines) is 1. The molecule has 1 amide bonds. The summed E-state index contributed by atoms with van der Waals surface area (Å²) in [6, 6.07) is 3.06. The summed E-state index contributed by atoms with van der Waals surface area (Å²) in [5.74, 6) is -1.19. The molecule has 5 nitrogen and oxygen atoms in total. The highest BCUT2D eigenvalue weighted by Gasteiger charge is 2.29. The van der Waals surface area contributed by atoms with Crippen molar-refractivity contribution in [2.24, 2.45) is 5.92 Å². The largest absolute Gasteiger partial charge is 0.338 e. The third kappa shape index (κ3) is 2.90. The van der Waals surface area contributed by atoms with E-state index in [1.54, 1.807) is 0 Å². The Balaban J connectivity index is 2.19. The van der Waals surface area contributed by atoms with Gasteiger partial charge in [-0.2, -0.15) is 0 Å². The van der Waals surface area contributed by atoms with Crippen molar-refractivity contribution in [3.8, 4) is 0 Å². The van der Waals surface area contributed by atoms with Crippen LogP contribution in [0.25, 0.3) is 0 Å². The Morgan fingerprint density at radius 1 is 1.55 bits per heavy atom. The van der Waals surface area contributed by atoms with E-state index in [-0.39, 0.29) is 22.5 Å². The maximum Gasteiger partial charge on any atom is 0.272 e. The molecule has 1 aliphatic heterocycles. The van der Waals surface area contributed by atoms with E-state index in [0.717, 1.165) is 18.2 Å². The summed E-state index contributed by atoms with van der Waals surface area (Å²) in [6.45, 7) is 2.86. The quantitative estimate of drug-likeness (QED) is 0.479. The van der Waals surface area contributed by atoms with E-state index >= 15 is 0 Å². The van der Waals surface area contributed by atoms with E-state index in [0.29, 0.717) is 19.5 Å². The number of halogens is 2. The molecule has 0 radical (unpaired) electrons. The van der Waals surface area contributed by atoms with Crippen molar-refractivity contribution in [3.05, 3.63) is 39.7 Å². The fourth-order valence-corrected chi connectivity index (χ4v) is 2.44. The summed E-state index contributed by atoms with van der Waals surface area (Å²) in [4.78, 5) is 23.6. The fourth-order valence-electron chi connectivity index (χ4n) is 2.26. The van der Waals surface area contributed by atoms with Gasteiger partial charge in [0.25, 0.3) is 11.6 Å². The number of nitro groups is 1. The maximum absolute atomic E-state index is 13.8. The fraction of sp³-hybridized carbons (Fsp3) is 0.462. The summed E-state index contributed by atoms with van der Waals surface area (Å²) in [7, 11) is 0. The van der Waals surface area contributed by atoms with E-state index in [1.807, 2.05) is 6.92 Å². The summed E-state index contributed by atoms with van der Waals surface area (Å²) in [5, 5.41) is 10.6. The van der Waals surface area contributed by atoms with Crippen LogP contribution in [0.5, 0.6) is 0 Å². The lowest BCUT2D eigenvalue weighted by molar-refractivity contribution is -0.385. The number of benzene rings is 1. The van der Waals surface area contributed by atoms with Gasteiger partial charge in [-0.05, 0) is 18.4 Å². The SMILES string of the molecule is CC1CN(C(=O)c2ccc([N+](=O)[O-])cc2F)CCC1Cl. The number of amides is 1. The van der Waals surface area contributed by atoms with Crippen molar-refractivity contribution in [1.29, 1.82) is 0 Å². The molecule has 1 heterocycles. The maximum atomic E-state index is 13.8. The molecule has 0 spiro atoms. The molecular weight excluding hydrogens is 287 g/mol. The van der Waals surface area contributed by atoms with Gasteiger partial charge < -0.3 is 4.90 Å². The van der Waals surface area contributed by atoms with E-state index < -0.39 is 16.6 Å². The van der Waals surface area contributed by atoms with Crippen LogP contribution in [-0.2, 0) is 0 Å². The Labute approximate surface area is 120 Å². The van der Waals surface area contributed by atoms with E-state index in [9.17, 15) is 19.3 Å². The predicted molar refractivity (Wildman–Crippen MR) is 72.4 cm³/mol. The normalized spacial score (nSPS) is 22.6. The van der Waals surface area contributed by atoms with Crippen molar-refractivity contribution in [3.63, 3.8) is 0 Å².